The third-order valence-electron chi connectivity index (χ3n) is 5.98. The number of amides is 1. The number of carbonyl (C=O) groups excluding carboxylic acids is 3. The van der Waals surface area contributed by atoms with E-state index in [4.69, 9.17) is 22.1 Å². The number of H-pyrrole nitrogens is 1. The fraction of sp³-hybridized carbons (Fsp3) is 0.0714. The minimum Gasteiger partial charge on any atom is -0.456 e. The predicted molar refractivity (Wildman–Crippen MR) is 145 cm³/mol. The third-order valence-corrected chi connectivity index (χ3v) is 6.28. The van der Waals surface area contributed by atoms with E-state index in [1.807, 2.05) is 0 Å². The van der Waals surface area contributed by atoms with Gasteiger partial charge in [0, 0.05) is 36.6 Å². The Morgan fingerprint density at radius 2 is 1.84 bits per heavy atom. The van der Waals surface area contributed by atoms with Crippen molar-refractivity contribution in [3.05, 3.63) is 100 Å². The first kappa shape index (κ1) is 24.8. The van der Waals surface area contributed by atoms with Gasteiger partial charge in [-0.05, 0) is 48.5 Å². The maximum absolute atomic E-state index is 13.2. The van der Waals surface area contributed by atoms with E-state index in [9.17, 15) is 14.4 Å². The Morgan fingerprint density at radius 3 is 2.58 bits per heavy atom. The van der Waals surface area contributed by atoms with Crippen molar-refractivity contribution in [3.8, 4) is 17.2 Å². The van der Waals surface area contributed by atoms with Crippen LogP contribution < -0.4 is 10.5 Å². The normalized spacial score (nSPS) is 10.9. The molecule has 2 aromatic heterocycles. The summed E-state index contributed by atoms with van der Waals surface area (Å²) in [7, 11) is 3.33. The van der Waals surface area contributed by atoms with Gasteiger partial charge in [0.15, 0.2) is 0 Å². The minimum atomic E-state index is -0.351. The summed E-state index contributed by atoms with van der Waals surface area (Å²) in [6, 6.07) is 18.6. The largest absolute Gasteiger partial charge is 0.456 e. The highest BCUT2D eigenvalue weighted by atomic mass is 35.5. The molecule has 0 atom stereocenters. The zero-order valence-corrected chi connectivity index (χ0v) is 21.2. The standard InChI is InChI=1S/C28H22ClN5O4/c1-33(2)28(37)19-5-3-4-6-25(19)38-18-8-10-24(21(29)13-18)34-27(30)20(14-31-34)26(36)23-12-17-11-16(15-35)7-9-22(17)32-23/h3-15,32H,30H2,1-2H3. The van der Waals surface area contributed by atoms with Crippen LogP contribution in [0, 0.1) is 0 Å². The first-order valence-electron chi connectivity index (χ1n) is 11.5. The number of nitrogens with two attached hydrogens (primary N) is 1. The van der Waals surface area contributed by atoms with Gasteiger partial charge in [-0.15, -0.1) is 0 Å². The molecule has 3 aromatic carbocycles. The number of ether oxygens (including phenoxy) is 1. The number of hydrogen-bond acceptors (Lipinski definition) is 6. The van der Waals surface area contributed by atoms with Crippen molar-refractivity contribution >= 4 is 46.3 Å². The van der Waals surface area contributed by atoms with Crippen molar-refractivity contribution in [1.82, 2.24) is 19.7 Å². The van der Waals surface area contributed by atoms with Gasteiger partial charge in [-0.3, -0.25) is 14.4 Å². The van der Waals surface area contributed by atoms with E-state index in [0.717, 1.165) is 17.2 Å². The van der Waals surface area contributed by atoms with Crippen LogP contribution in [0.1, 0.15) is 36.8 Å². The lowest BCUT2D eigenvalue weighted by molar-refractivity contribution is 0.0824. The van der Waals surface area contributed by atoms with Gasteiger partial charge in [0.05, 0.1) is 33.7 Å². The maximum Gasteiger partial charge on any atom is 0.257 e. The van der Waals surface area contributed by atoms with Crippen LogP contribution >= 0.6 is 11.6 Å². The average Bonchev–Trinajstić information content (AvgIpc) is 3.51. The van der Waals surface area contributed by atoms with E-state index in [1.165, 1.54) is 15.8 Å². The highest BCUT2D eigenvalue weighted by molar-refractivity contribution is 6.32. The second kappa shape index (κ2) is 9.87. The van der Waals surface area contributed by atoms with Crippen LogP contribution in [-0.4, -0.2) is 51.7 Å². The molecule has 0 aliphatic carbocycles. The van der Waals surface area contributed by atoms with Crippen LogP contribution in [0.4, 0.5) is 5.82 Å². The fourth-order valence-corrected chi connectivity index (χ4v) is 4.29. The summed E-state index contributed by atoms with van der Waals surface area (Å²) < 4.78 is 7.33. The Hall–Kier alpha value is -4.89. The van der Waals surface area contributed by atoms with E-state index in [1.54, 1.807) is 80.8 Å². The fourth-order valence-electron chi connectivity index (χ4n) is 4.04. The van der Waals surface area contributed by atoms with Gasteiger partial charge < -0.3 is 20.4 Å². The molecule has 3 N–H and O–H groups in total. The number of nitrogens with one attached hydrogen (secondary N) is 1. The SMILES string of the molecule is CN(C)C(=O)c1ccccc1Oc1ccc(-n2ncc(C(=O)c3cc4cc(C=O)ccc4[nH]3)c2N)c(Cl)c1. The number of ketones is 1. The van der Waals surface area contributed by atoms with E-state index < -0.39 is 0 Å². The van der Waals surface area contributed by atoms with Gasteiger partial charge in [0.2, 0.25) is 5.78 Å². The lowest BCUT2D eigenvalue weighted by atomic mass is 10.1. The number of nitrogens with zero attached hydrogens (tertiary/aromatic N) is 3. The molecule has 5 rings (SSSR count). The van der Waals surface area contributed by atoms with Crippen molar-refractivity contribution in [2.24, 2.45) is 0 Å². The van der Waals surface area contributed by atoms with E-state index >= 15 is 0 Å². The molecule has 0 bridgehead atoms. The number of carbonyl (C=O) groups is 3. The predicted octanol–water partition coefficient (Wildman–Crippen LogP) is 5.13. The lowest BCUT2D eigenvalue weighted by Gasteiger charge is -2.15. The summed E-state index contributed by atoms with van der Waals surface area (Å²) in [5.41, 5.74) is 8.91. The number of fused-ring (bicyclic) bond motifs is 1. The molecular weight excluding hydrogens is 506 g/mol. The molecule has 2 heterocycles. The maximum atomic E-state index is 13.2. The third kappa shape index (κ3) is 4.51. The molecular formula is C28H22ClN5O4. The van der Waals surface area contributed by atoms with Gasteiger partial charge in [-0.1, -0.05) is 23.7 Å². The highest BCUT2D eigenvalue weighted by Crippen LogP contribution is 2.32. The van der Waals surface area contributed by atoms with Gasteiger partial charge >= 0.3 is 0 Å². The molecule has 0 saturated heterocycles. The van der Waals surface area contributed by atoms with Crippen molar-refractivity contribution in [2.45, 2.75) is 0 Å². The highest BCUT2D eigenvalue weighted by Gasteiger charge is 2.21. The van der Waals surface area contributed by atoms with Gasteiger partial charge in [-0.2, -0.15) is 5.10 Å². The van der Waals surface area contributed by atoms with Crippen LogP contribution in [-0.2, 0) is 0 Å². The van der Waals surface area contributed by atoms with Crippen molar-refractivity contribution in [1.29, 1.82) is 0 Å². The van der Waals surface area contributed by atoms with E-state index in [-0.39, 0.29) is 28.1 Å². The second-order valence-corrected chi connectivity index (χ2v) is 9.15. The van der Waals surface area contributed by atoms with E-state index in [0.29, 0.717) is 34.0 Å². The monoisotopic (exact) mass is 527 g/mol. The average molecular weight is 528 g/mol. The number of rotatable bonds is 7. The zero-order chi connectivity index (χ0) is 27.0. The molecule has 0 unspecified atom stereocenters. The summed E-state index contributed by atoms with van der Waals surface area (Å²) in [6.07, 6.45) is 2.13. The molecule has 0 saturated carbocycles. The smallest absolute Gasteiger partial charge is 0.257 e. The van der Waals surface area contributed by atoms with Gasteiger partial charge in [0.1, 0.15) is 23.6 Å². The van der Waals surface area contributed by atoms with Crippen LogP contribution in [0.15, 0.2) is 72.9 Å². The molecule has 0 spiro atoms. The molecule has 190 valence electrons. The zero-order valence-electron chi connectivity index (χ0n) is 20.4. The molecule has 1 amide bonds. The Kier molecular flexibility index (Phi) is 6.44. The number of aromatic amines is 1. The Morgan fingerprint density at radius 1 is 1.05 bits per heavy atom. The summed E-state index contributed by atoms with van der Waals surface area (Å²) in [4.78, 5) is 41.3. The van der Waals surface area contributed by atoms with Crippen LogP contribution in [0.3, 0.4) is 0 Å². The summed E-state index contributed by atoms with van der Waals surface area (Å²) in [6.45, 7) is 0. The number of para-hydroxylation sites is 1. The molecule has 0 aliphatic rings. The number of benzene rings is 3. The van der Waals surface area contributed by atoms with Crippen molar-refractivity contribution in [2.75, 3.05) is 19.8 Å². The first-order chi connectivity index (χ1) is 18.3. The first-order valence-corrected chi connectivity index (χ1v) is 11.9. The molecule has 5 aromatic rings. The Bertz CT molecular complexity index is 1720. The van der Waals surface area contributed by atoms with Crippen LogP contribution in [0.5, 0.6) is 11.5 Å². The number of nitrogen functional groups attached to an aromatic ring is 1. The number of aromatic nitrogens is 3. The molecule has 9 nitrogen and oxygen atoms in total. The topological polar surface area (TPSA) is 123 Å². The van der Waals surface area contributed by atoms with E-state index in [2.05, 4.69) is 10.1 Å². The van der Waals surface area contributed by atoms with Gasteiger partial charge in [0.25, 0.3) is 5.91 Å². The number of hydrogen-bond donors (Lipinski definition) is 2. The van der Waals surface area contributed by atoms with Crippen LogP contribution in [0.2, 0.25) is 5.02 Å². The quantitative estimate of drug-likeness (QED) is 0.223. The molecule has 0 aliphatic heterocycles. The van der Waals surface area contributed by atoms with Crippen molar-refractivity contribution in [3.63, 3.8) is 0 Å². The molecule has 0 fully saturated rings. The lowest BCUT2D eigenvalue weighted by Crippen LogP contribution is -2.22. The number of halogens is 1. The molecule has 38 heavy (non-hydrogen) atoms. The Labute approximate surface area is 222 Å². The van der Waals surface area contributed by atoms with Gasteiger partial charge in [-0.25, -0.2) is 4.68 Å². The summed E-state index contributed by atoms with van der Waals surface area (Å²) in [5.74, 6) is 0.368. The number of aldehydes is 1. The second-order valence-electron chi connectivity index (χ2n) is 8.74. The van der Waals surface area contributed by atoms with Crippen molar-refractivity contribution < 1.29 is 19.1 Å². The Balaban J connectivity index is 1.42. The molecule has 10 heteroatoms. The number of anilines is 1. The van der Waals surface area contributed by atoms with Crippen LogP contribution in [0.25, 0.3) is 16.6 Å². The summed E-state index contributed by atoms with van der Waals surface area (Å²) >= 11 is 6.55. The summed E-state index contributed by atoms with van der Waals surface area (Å²) in [5, 5.41) is 5.29. The minimum absolute atomic E-state index is 0.111. The molecule has 0 radical (unpaired) electrons.